The van der Waals surface area contributed by atoms with Gasteiger partial charge in [0.15, 0.2) is 5.82 Å². The van der Waals surface area contributed by atoms with Crippen molar-refractivity contribution in [2.75, 3.05) is 0 Å². The number of carbonyl (C=O) groups is 2. The van der Waals surface area contributed by atoms with Crippen molar-refractivity contribution in [3.8, 4) is 0 Å². The molecule has 7 nitrogen and oxygen atoms in total. The Balaban J connectivity index is 1.85. The molecular formula is C15H15ClN4O3. The number of rotatable bonds is 4. The van der Waals surface area contributed by atoms with Crippen molar-refractivity contribution in [3.05, 3.63) is 46.6 Å². The summed E-state index contributed by atoms with van der Waals surface area (Å²) in [5, 5.41) is 7.03. The molecule has 1 saturated heterocycles. The third-order valence-corrected chi connectivity index (χ3v) is 4.07. The van der Waals surface area contributed by atoms with Crippen molar-refractivity contribution >= 4 is 23.5 Å². The normalized spacial score (nSPS) is 20.9. The molecule has 0 aliphatic carbocycles. The fourth-order valence-electron chi connectivity index (χ4n) is 2.45. The van der Waals surface area contributed by atoms with Crippen LogP contribution in [0.5, 0.6) is 0 Å². The molecule has 1 aromatic heterocycles. The second kappa shape index (κ2) is 5.66. The molecular weight excluding hydrogens is 320 g/mol. The molecule has 1 fully saturated rings. The SMILES string of the molecule is CCc1noc(CN2C(=O)N[C@@](C)(c3ccc(Cl)cc3)C2=O)n1. The number of nitrogens with zero attached hydrogens (tertiary/aromatic N) is 3. The van der Waals surface area contributed by atoms with Gasteiger partial charge in [-0.1, -0.05) is 35.8 Å². The maximum Gasteiger partial charge on any atom is 0.325 e. The minimum absolute atomic E-state index is 0.0547. The second-order valence-electron chi connectivity index (χ2n) is 5.41. The van der Waals surface area contributed by atoms with Crippen molar-refractivity contribution in [3.63, 3.8) is 0 Å². The molecule has 1 aliphatic rings. The van der Waals surface area contributed by atoms with E-state index in [4.69, 9.17) is 16.1 Å². The third kappa shape index (κ3) is 2.68. The monoisotopic (exact) mass is 334 g/mol. The van der Waals surface area contributed by atoms with Crippen LogP contribution in [-0.4, -0.2) is 27.0 Å². The first-order valence-electron chi connectivity index (χ1n) is 7.15. The minimum Gasteiger partial charge on any atom is -0.337 e. The van der Waals surface area contributed by atoms with Crippen LogP contribution in [-0.2, 0) is 23.3 Å². The van der Waals surface area contributed by atoms with Gasteiger partial charge in [0.2, 0.25) is 5.89 Å². The van der Waals surface area contributed by atoms with Crippen LogP contribution in [0.4, 0.5) is 4.79 Å². The first-order valence-corrected chi connectivity index (χ1v) is 7.53. The zero-order valence-corrected chi connectivity index (χ0v) is 13.4. The first-order chi connectivity index (χ1) is 10.9. The number of benzene rings is 1. The van der Waals surface area contributed by atoms with E-state index in [1.165, 1.54) is 0 Å². The highest BCUT2D eigenvalue weighted by molar-refractivity contribution is 6.30. The van der Waals surface area contributed by atoms with Gasteiger partial charge in [-0.15, -0.1) is 0 Å². The summed E-state index contributed by atoms with van der Waals surface area (Å²) in [4.78, 5) is 30.1. The van der Waals surface area contributed by atoms with E-state index in [9.17, 15) is 9.59 Å². The summed E-state index contributed by atoms with van der Waals surface area (Å²) in [7, 11) is 0. The number of urea groups is 1. The average Bonchev–Trinajstić information content (AvgIpc) is 3.07. The number of halogens is 1. The number of amides is 3. The summed E-state index contributed by atoms with van der Waals surface area (Å²) in [6.45, 7) is 3.49. The molecule has 0 radical (unpaired) electrons. The van der Waals surface area contributed by atoms with E-state index >= 15 is 0 Å². The van der Waals surface area contributed by atoms with E-state index in [0.29, 0.717) is 22.8 Å². The van der Waals surface area contributed by atoms with Crippen LogP contribution in [0, 0.1) is 0 Å². The molecule has 0 spiro atoms. The van der Waals surface area contributed by atoms with Gasteiger partial charge in [0, 0.05) is 11.4 Å². The van der Waals surface area contributed by atoms with Gasteiger partial charge < -0.3 is 9.84 Å². The number of carbonyl (C=O) groups excluding carboxylic acids is 2. The van der Waals surface area contributed by atoms with Gasteiger partial charge in [-0.25, -0.2) is 4.79 Å². The number of aryl methyl sites for hydroxylation is 1. The van der Waals surface area contributed by atoms with Crippen molar-refractivity contribution in [1.82, 2.24) is 20.4 Å². The van der Waals surface area contributed by atoms with E-state index < -0.39 is 11.6 Å². The van der Waals surface area contributed by atoms with Crippen molar-refractivity contribution < 1.29 is 14.1 Å². The van der Waals surface area contributed by atoms with Crippen LogP contribution in [0.3, 0.4) is 0 Å². The Bertz CT molecular complexity index is 758. The summed E-state index contributed by atoms with van der Waals surface area (Å²) in [5.41, 5.74) is -0.488. The summed E-state index contributed by atoms with van der Waals surface area (Å²) in [5.74, 6) is 0.388. The molecule has 3 amide bonds. The van der Waals surface area contributed by atoms with Gasteiger partial charge >= 0.3 is 6.03 Å². The lowest BCUT2D eigenvalue weighted by Crippen LogP contribution is -2.40. The molecule has 1 aromatic carbocycles. The molecule has 2 heterocycles. The van der Waals surface area contributed by atoms with Crippen LogP contribution in [0.15, 0.2) is 28.8 Å². The Hall–Kier alpha value is -2.41. The smallest absolute Gasteiger partial charge is 0.325 e. The van der Waals surface area contributed by atoms with Crippen molar-refractivity contribution in [2.24, 2.45) is 0 Å². The Morgan fingerprint density at radius 1 is 1.30 bits per heavy atom. The minimum atomic E-state index is -1.14. The van der Waals surface area contributed by atoms with Gasteiger partial charge in [0.25, 0.3) is 5.91 Å². The topological polar surface area (TPSA) is 88.3 Å². The number of aromatic nitrogens is 2. The number of nitrogens with one attached hydrogen (secondary N) is 1. The molecule has 1 atom stereocenters. The fraction of sp³-hybridized carbons (Fsp3) is 0.333. The molecule has 8 heteroatoms. The van der Waals surface area contributed by atoms with Crippen LogP contribution in [0.2, 0.25) is 5.02 Å². The largest absolute Gasteiger partial charge is 0.337 e. The Morgan fingerprint density at radius 3 is 2.61 bits per heavy atom. The zero-order valence-electron chi connectivity index (χ0n) is 12.7. The molecule has 2 aromatic rings. The Labute approximate surface area is 137 Å². The summed E-state index contributed by atoms with van der Waals surface area (Å²) >= 11 is 5.87. The zero-order chi connectivity index (χ0) is 16.6. The van der Waals surface area contributed by atoms with E-state index in [1.54, 1.807) is 31.2 Å². The molecule has 23 heavy (non-hydrogen) atoms. The Morgan fingerprint density at radius 2 is 2.00 bits per heavy atom. The summed E-state index contributed by atoms with van der Waals surface area (Å²) in [6, 6.07) is 6.28. The average molecular weight is 335 g/mol. The van der Waals surface area contributed by atoms with Gasteiger partial charge in [0.1, 0.15) is 12.1 Å². The van der Waals surface area contributed by atoms with Crippen LogP contribution in [0.25, 0.3) is 0 Å². The van der Waals surface area contributed by atoms with Crippen molar-refractivity contribution in [1.29, 1.82) is 0 Å². The van der Waals surface area contributed by atoms with Gasteiger partial charge in [0.05, 0.1) is 0 Å². The van der Waals surface area contributed by atoms with Gasteiger partial charge in [-0.05, 0) is 24.6 Å². The first kappa shape index (κ1) is 15.5. The third-order valence-electron chi connectivity index (χ3n) is 3.82. The molecule has 3 rings (SSSR count). The van der Waals surface area contributed by atoms with E-state index in [2.05, 4.69) is 15.5 Å². The van der Waals surface area contributed by atoms with Crippen LogP contribution < -0.4 is 5.32 Å². The van der Waals surface area contributed by atoms with E-state index in [0.717, 1.165) is 4.90 Å². The van der Waals surface area contributed by atoms with Gasteiger partial charge in [-0.3, -0.25) is 9.69 Å². The molecule has 1 aliphatic heterocycles. The second-order valence-corrected chi connectivity index (χ2v) is 5.85. The highest BCUT2D eigenvalue weighted by atomic mass is 35.5. The fourth-order valence-corrected chi connectivity index (χ4v) is 2.58. The molecule has 0 saturated carbocycles. The lowest BCUT2D eigenvalue weighted by atomic mass is 9.92. The lowest BCUT2D eigenvalue weighted by Gasteiger charge is -2.22. The molecule has 0 unspecified atom stereocenters. The van der Waals surface area contributed by atoms with Gasteiger partial charge in [-0.2, -0.15) is 4.98 Å². The van der Waals surface area contributed by atoms with Crippen molar-refractivity contribution in [2.45, 2.75) is 32.4 Å². The summed E-state index contributed by atoms with van der Waals surface area (Å²) in [6.07, 6.45) is 0.617. The predicted molar refractivity (Wildman–Crippen MR) is 81.6 cm³/mol. The van der Waals surface area contributed by atoms with E-state index in [1.807, 2.05) is 6.92 Å². The number of hydrogen-bond acceptors (Lipinski definition) is 5. The number of imide groups is 1. The highest BCUT2D eigenvalue weighted by Gasteiger charge is 2.49. The lowest BCUT2D eigenvalue weighted by molar-refractivity contribution is -0.131. The highest BCUT2D eigenvalue weighted by Crippen LogP contribution is 2.30. The van der Waals surface area contributed by atoms with Crippen LogP contribution in [0.1, 0.15) is 31.1 Å². The maximum atomic E-state index is 12.7. The quantitative estimate of drug-likeness (QED) is 0.866. The Kier molecular flexibility index (Phi) is 3.81. The molecule has 0 bridgehead atoms. The predicted octanol–water partition coefficient (Wildman–Crippen LogP) is 2.25. The van der Waals surface area contributed by atoms with Crippen LogP contribution >= 0.6 is 11.6 Å². The standard InChI is InChI=1S/C15H15ClN4O3/c1-3-11-17-12(23-19-11)8-20-13(21)15(2,18-14(20)22)9-4-6-10(16)7-5-9/h4-7H,3,8H2,1-2H3,(H,18,22)/t15-/m0/s1. The van der Waals surface area contributed by atoms with E-state index in [-0.39, 0.29) is 18.3 Å². The molecule has 1 N–H and O–H groups in total. The number of hydrogen-bond donors (Lipinski definition) is 1. The maximum absolute atomic E-state index is 12.7. The summed E-state index contributed by atoms with van der Waals surface area (Å²) < 4.78 is 5.05. The molecule has 120 valence electrons.